The Balaban J connectivity index is 2.75. The van der Waals surface area contributed by atoms with Gasteiger partial charge in [0.15, 0.2) is 11.5 Å². The Morgan fingerprint density at radius 3 is 2.50 bits per heavy atom. The highest BCUT2D eigenvalue weighted by molar-refractivity contribution is 5.81. The Hall–Kier alpha value is -2.52. The van der Waals surface area contributed by atoms with E-state index in [2.05, 4.69) is 10.2 Å². The summed E-state index contributed by atoms with van der Waals surface area (Å²) in [5.41, 5.74) is 1.53. The van der Waals surface area contributed by atoms with E-state index in [0.717, 1.165) is 0 Å². The van der Waals surface area contributed by atoms with Crippen LogP contribution in [0.5, 0.6) is 11.5 Å². The maximum atomic E-state index is 12.3. The molecule has 0 heterocycles. The van der Waals surface area contributed by atoms with Gasteiger partial charge in [0.25, 0.3) is 0 Å². The first-order valence-corrected chi connectivity index (χ1v) is 7.25. The van der Waals surface area contributed by atoms with E-state index in [4.69, 9.17) is 15.3 Å². The van der Waals surface area contributed by atoms with E-state index in [1.807, 2.05) is 0 Å². The molecule has 0 spiro atoms. The molecule has 0 fully saturated rings. The Kier molecular flexibility index (Phi) is 6.81. The second-order valence-corrected chi connectivity index (χ2v) is 5.25. The fraction of sp³-hybridized carbons (Fsp3) is 0.467. The van der Waals surface area contributed by atoms with Gasteiger partial charge in [-0.3, -0.25) is 5.84 Å². The van der Waals surface area contributed by atoms with Crippen molar-refractivity contribution in [3.05, 3.63) is 23.8 Å². The molecule has 1 aromatic rings. The molecule has 0 unspecified atom stereocenters. The zero-order valence-electron chi connectivity index (χ0n) is 13.7. The normalized spacial score (nSPS) is 14.3. The number of nitrogens with one attached hydrogen (secondary N) is 1. The number of esters is 1. The molecule has 0 aliphatic heterocycles. The van der Waals surface area contributed by atoms with Crippen LogP contribution in [0.15, 0.2) is 18.2 Å². The summed E-state index contributed by atoms with van der Waals surface area (Å²) in [6.45, 7) is 4.58. The number of phenolic OH excluding ortho intramolecular Hbond substituents is 2. The Bertz CT molecular complexity index is 593. The second kappa shape index (κ2) is 8.37. The summed E-state index contributed by atoms with van der Waals surface area (Å²) in [7, 11) is 0. The number of carbonyl (C=O) groups excluding carboxylic acids is 2. The third kappa shape index (κ3) is 5.28. The van der Waals surface area contributed by atoms with Crippen LogP contribution in [-0.4, -0.2) is 40.8 Å². The molecule has 0 radical (unpaired) electrons. The van der Waals surface area contributed by atoms with Crippen molar-refractivity contribution in [1.82, 2.24) is 5.43 Å². The lowest BCUT2D eigenvalue weighted by atomic mass is 9.93. The van der Waals surface area contributed by atoms with Crippen LogP contribution >= 0.6 is 0 Å². The molecule has 9 heteroatoms. The molecule has 0 bridgehead atoms. The van der Waals surface area contributed by atoms with Crippen LogP contribution in [0.1, 0.15) is 26.3 Å². The number of phenols is 2. The van der Waals surface area contributed by atoms with Gasteiger partial charge in [0, 0.05) is 13.3 Å². The number of nitrogens with two attached hydrogens (primary N) is 1. The van der Waals surface area contributed by atoms with Gasteiger partial charge in [-0.05, 0) is 31.5 Å². The summed E-state index contributed by atoms with van der Waals surface area (Å²) in [5.74, 6) is 4.09. The number of hydrogen-bond acceptors (Lipinski definition) is 9. The average molecular weight is 342 g/mol. The fourth-order valence-corrected chi connectivity index (χ4v) is 1.86. The molecule has 0 saturated heterocycles. The number of benzene rings is 1. The standard InChI is InChI=1S/C15H22N2O7/c1-4-22-14(21)24-9(2)23-13(20)15(3,17-16)8-10-5-6-11(18)12(19)7-10/h5-7,9,17-19H,4,8,16H2,1-3H3/t9-,15+/m1/s1. The van der Waals surface area contributed by atoms with Crippen molar-refractivity contribution in [2.24, 2.45) is 5.84 Å². The van der Waals surface area contributed by atoms with E-state index in [9.17, 15) is 19.8 Å². The van der Waals surface area contributed by atoms with Gasteiger partial charge >= 0.3 is 12.1 Å². The molecule has 5 N–H and O–H groups in total. The molecule has 1 aromatic carbocycles. The number of aromatic hydroxyl groups is 2. The van der Waals surface area contributed by atoms with Crippen molar-refractivity contribution in [2.75, 3.05) is 6.61 Å². The summed E-state index contributed by atoms with van der Waals surface area (Å²) in [6, 6.07) is 4.12. The lowest BCUT2D eigenvalue weighted by molar-refractivity contribution is -0.175. The molecule has 0 aliphatic carbocycles. The van der Waals surface area contributed by atoms with Crippen LogP contribution in [0.3, 0.4) is 0 Å². The number of hydrazine groups is 1. The van der Waals surface area contributed by atoms with Crippen LogP contribution < -0.4 is 11.3 Å². The zero-order valence-corrected chi connectivity index (χ0v) is 13.7. The third-order valence-corrected chi connectivity index (χ3v) is 3.16. The maximum absolute atomic E-state index is 12.3. The van der Waals surface area contributed by atoms with Crippen LogP contribution in [0.25, 0.3) is 0 Å². The van der Waals surface area contributed by atoms with Crippen molar-refractivity contribution < 1.29 is 34.0 Å². The summed E-state index contributed by atoms with van der Waals surface area (Å²) >= 11 is 0. The van der Waals surface area contributed by atoms with E-state index in [1.54, 1.807) is 6.92 Å². The third-order valence-electron chi connectivity index (χ3n) is 3.16. The fourth-order valence-electron chi connectivity index (χ4n) is 1.86. The summed E-state index contributed by atoms with van der Waals surface area (Å²) in [6.07, 6.45) is -2.07. The molecule has 0 saturated carbocycles. The molecule has 134 valence electrons. The van der Waals surface area contributed by atoms with Gasteiger partial charge in [0.2, 0.25) is 6.29 Å². The highest BCUT2D eigenvalue weighted by Gasteiger charge is 2.36. The van der Waals surface area contributed by atoms with Crippen molar-refractivity contribution in [2.45, 2.75) is 39.0 Å². The molecule has 2 atom stereocenters. The first kappa shape index (κ1) is 19.5. The van der Waals surface area contributed by atoms with Gasteiger partial charge in [-0.1, -0.05) is 6.07 Å². The quantitative estimate of drug-likeness (QED) is 0.187. The zero-order chi connectivity index (χ0) is 18.3. The van der Waals surface area contributed by atoms with Gasteiger partial charge in [-0.2, -0.15) is 0 Å². The molecule has 0 aromatic heterocycles. The summed E-state index contributed by atoms with van der Waals surface area (Å²) < 4.78 is 14.4. The average Bonchev–Trinajstić information content (AvgIpc) is 2.50. The molecule has 24 heavy (non-hydrogen) atoms. The number of hydrogen-bond donors (Lipinski definition) is 4. The van der Waals surface area contributed by atoms with Crippen molar-refractivity contribution in [3.8, 4) is 11.5 Å². The lowest BCUT2D eigenvalue weighted by Crippen LogP contribution is -2.56. The van der Waals surface area contributed by atoms with E-state index < -0.39 is 24.0 Å². The molecular weight excluding hydrogens is 320 g/mol. The predicted molar refractivity (Wildman–Crippen MR) is 82.9 cm³/mol. The SMILES string of the molecule is CCOC(=O)O[C@H](C)OC(=O)[C@](C)(Cc1ccc(O)c(O)c1)NN. The van der Waals surface area contributed by atoms with Gasteiger partial charge in [0.1, 0.15) is 5.54 Å². The highest BCUT2D eigenvalue weighted by Crippen LogP contribution is 2.27. The van der Waals surface area contributed by atoms with E-state index in [0.29, 0.717) is 5.56 Å². The molecule has 1 rings (SSSR count). The van der Waals surface area contributed by atoms with E-state index in [-0.39, 0.29) is 24.5 Å². The van der Waals surface area contributed by atoms with Gasteiger partial charge in [-0.15, -0.1) is 0 Å². The lowest BCUT2D eigenvalue weighted by Gasteiger charge is -2.28. The predicted octanol–water partition coefficient (Wildman–Crippen LogP) is 0.925. The molecule has 9 nitrogen and oxygen atoms in total. The summed E-state index contributed by atoms with van der Waals surface area (Å²) in [5, 5.41) is 18.8. The minimum absolute atomic E-state index is 0.0578. The number of carbonyl (C=O) groups is 2. The van der Waals surface area contributed by atoms with Gasteiger partial charge in [-0.25, -0.2) is 15.0 Å². The van der Waals surface area contributed by atoms with E-state index in [1.165, 1.54) is 32.0 Å². The van der Waals surface area contributed by atoms with Gasteiger partial charge < -0.3 is 24.4 Å². The Labute approximate surface area is 139 Å². The second-order valence-electron chi connectivity index (χ2n) is 5.25. The maximum Gasteiger partial charge on any atom is 0.511 e. The monoisotopic (exact) mass is 342 g/mol. The first-order chi connectivity index (χ1) is 11.2. The number of ether oxygens (including phenoxy) is 3. The smallest absolute Gasteiger partial charge is 0.504 e. The van der Waals surface area contributed by atoms with Crippen LogP contribution in [0.4, 0.5) is 4.79 Å². The van der Waals surface area contributed by atoms with Crippen LogP contribution in [0, 0.1) is 0 Å². The van der Waals surface area contributed by atoms with Crippen molar-refractivity contribution in [3.63, 3.8) is 0 Å². The van der Waals surface area contributed by atoms with Gasteiger partial charge in [0.05, 0.1) is 6.61 Å². The highest BCUT2D eigenvalue weighted by atomic mass is 16.8. The van der Waals surface area contributed by atoms with E-state index >= 15 is 0 Å². The molecule has 0 amide bonds. The number of rotatable bonds is 7. The Morgan fingerprint density at radius 2 is 1.96 bits per heavy atom. The topological polar surface area (TPSA) is 140 Å². The van der Waals surface area contributed by atoms with Crippen LogP contribution in [-0.2, 0) is 25.4 Å². The van der Waals surface area contributed by atoms with Crippen molar-refractivity contribution >= 4 is 12.1 Å². The molecule has 0 aliphatic rings. The largest absolute Gasteiger partial charge is 0.511 e. The first-order valence-electron chi connectivity index (χ1n) is 7.25. The Morgan fingerprint density at radius 1 is 1.29 bits per heavy atom. The molecular formula is C15H22N2O7. The minimum atomic E-state index is -1.35. The minimum Gasteiger partial charge on any atom is -0.504 e. The van der Waals surface area contributed by atoms with Crippen molar-refractivity contribution in [1.29, 1.82) is 0 Å². The van der Waals surface area contributed by atoms with Crippen LogP contribution in [0.2, 0.25) is 0 Å². The summed E-state index contributed by atoms with van der Waals surface area (Å²) in [4.78, 5) is 23.5.